The predicted molar refractivity (Wildman–Crippen MR) is 122 cm³/mol. The van der Waals surface area contributed by atoms with Gasteiger partial charge in [0.25, 0.3) is 5.91 Å². The summed E-state index contributed by atoms with van der Waals surface area (Å²) in [5.74, 6) is 0.207. The van der Waals surface area contributed by atoms with Crippen LogP contribution in [0.4, 0.5) is 21.9 Å². The lowest BCUT2D eigenvalue weighted by molar-refractivity contribution is 0.0746. The standard InChI is InChI=1S/C24H24N4O3/c29-22-9-5-4-8-21(22)27-14-16-28(17-15-27)23(30)18-10-12-20(13-11-18)26-24(31)25-19-6-2-1-3-7-19/h1-13,29H,14-17H2,(H2,25,26,31). The van der Waals surface area contributed by atoms with Crippen LogP contribution in [0.25, 0.3) is 0 Å². The fraction of sp³-hybridized carbons (Fsp3) is 0.167. The number of carbonyl (C=O) groups excluding carboxylic acids is 2. The molecule has 1 fully saturated rings. The van der Waals surface area contributed by atoms with E-state index in [2.05, 4.69) is 15.5 Å². The summed E-state index contributed by atoms with van der Waals surface area (Å²) < 4.78 is 0. The van der Waals surface area contributed by atoms with Crippen molar-refractivity contribution < 1.29 is 14.7 Å². The number of rotatable bonds is 4. The maximum atomic E-state index is 12.8. The number of para-hydroxylation sites is 3. The second-order valence-corrected chi connectivity index (χ2v) is 7.29. The normalized spacial score (nSPS) is 13.5. The number of nitrogens with one attached hydrogen (secondary N) is 2. The van der Waals surface area contributed by atoms with Gasteiger partial charge in [0.05, 0.1) is 5.69 Å². The number of piperazine rings is 1. The SMILES string of the molecule is O=C(Nc1ccccc1)Nc1ccc(C(=O)N2CCN(c3ccccc3O)CC2)cc1. The van der Waals surface area contributed by atoms with Gasteiger partial charge in [-0.1, -0.05) is 30.3 Å². The van der Waals surface area contributed by atoms with E-state index in [0.29, 0.717) is 43.1 Å². The van der Waals surface area contributed by atoms with E-state index < -0.39 is 0 Å². The van der Waals surface area contributed by atoms with Crippen LogP contribution in [0.5, 0.6) is 5.75 Å². The number of aromatic hydroxyl groups is 1. The number of phenolic OH excluding ortho intramolecular Hbond substituents is 1. The van der Waals surface area contributed by atoms with Crippen LogP contribution in [-0.2, 0) is 0 Å². The van der Waals surface area contributed by atoms with Gasteiger partial charge >= 0.3 is 6.03 Å². The number of hydrogen-bond donors (Lipinski definition) is 3. The van der Waals surface area contributed by atoms with E-state index in [1.54, 1.807) is 53.4 Å². The summed E-state index contributed by atoms with van der Waals surface area (Å²) in [6, 6.07) is 22.9. The molecule has 3 aromatic rings. The summed E-state index contributed by atoms with van der Waals surface area (Å²) in [7, 11) is 0. The Labute approximate surface area is 180 Å². The molecule has 0 atom stereocenters. The van der Waals surface area contributed by atoms with E-state index in [9.17, 15) is 14.7 Å². The number of hydrogen-bond acceptors (Lipinski definition) is 4. The Morgan fingerprint density at radius 1 is 0.710 bits per heavy atom. The zero-order valence-corrected chi connectivity index (χ0v) is 17.0. The molecule has 4 rings (SSSR count). The molecular formula is C24H24N4O3. The monoisotopic (exact) mass is 416 g/mol. The third kappa shape index (κ3) is 4.95. The fourth-order valence-corrected chi connectivity index (χ4v) is 3.58. The van der Waals surface area contributed by atoms with Crippen molar-refractivity contribution in [2.75, 3.05) is 41.7 Å². The van der Waals surface area contributed by atoms with Gasteiger partial charge in [-0.3, -0.25) is 4.79 Å². The highest BCUT2D eigenvalue weighted by molar-refractivity contribution is 6.00. The molecule has 1 saturated heterocycles. The van der Waals surface area contributed by atoms with Gasteiger partial charge in [-0.05, 0) is 48.5 Å². The second-order valence-electron chi connectivity index (χ2n) is 7.29. The summed E-state index contributed by atoms with van der Waals surface area (Å²) in [6.07, 6.45) is 0. The Bertz CT molecular complexity index is 1050. The molecule has 1 heterocycles. The second kappa shape index (κ2) is 9.21. The number of phenols is 1. The average molecular weight is 416 g/mol. The first kappa shape index (κ1) is 20.3. The van der Waals surface area contributed by atoms with Gasteiger partial charge in [-0.2, -0.15) is 0 Å². The molecule has 3 aromatic carbocycles. The first-order valence-corrected chi connectivity index (χ1v) is 10.2. The van der Waals surface area contributed by atoms with Crippen molar-refractivity contribution in [3.63, 3.8) is 0 Å². The molecule has 0 saturated carbocycles. The smallest absolute Gasteiger partial charge is 0.323 e. The molecule has 3 N–H and O–H groups in total. The van der Waals surface area contributed by atoms with Gasteiger partial charge in [0.1, 0.15) is 5.75 Å². The first-order chi connectivity index (χ1) is 15.1. The quantitative estimate of drug-likeness (QED) is 0.600. The number of carbonyl (C=O) groups is 2. The maximum absolute atomic E-state index is 12.8. The number of amides is 3. The average Bonchev–Trinajstić information content (AvgIpc) is 2.80. The lowest BCUT2D eigenvalue weighted by Gasteiger charge is -2.36. The summed E-state index contributed by atoms with van der Waals surface area (Å²) in [6.45, 7) is 2.46. The van der Waals surface area contributed by atoms with Crippen LogP contribution in [-0.4, -0.2) is 48.1 Å². The third-order valence-electron chi connectivity index (χ3n) is 5.21. The minimum atomic E-state index is -0.342. The summed E-state index contributed by atoms with van der Waals surface area (Å²) in [5, 5.41) is 15.5. The van der Waals surface area contributed by atoms with Crippen molar-refractivity contribution in [2.45, 2.75) is 0 Å². The van der Waals surface area contributed by atoms with Gasteiger partial charge in [-0.25, -0.2) is 4.79 Å². The zero-order chi connectivity index (χ0) is 21.6. The number of anilines is 3. The number of urea groups is 1. The van der Waals surface area contributed by atoms with Crippen molar-refractivity contribution in [2.24, 2.45) is 0 Å². The van der Waals surface area contributed by atoms with Gasteiger partial charge in [0.15, 0.2) is 0 Å². The van der Waals surface area contributed by atoms with Crippen LogP contribution < -0.4 is 15.5 Å². The molecule has 0 aromatic heterocycles. The molecule has 1 aliphatic heterocycles. The third-order valence-corrected chi connectivity index (χ3v) is 5.21. The lowest BCUT2D eigenvalue weighted by Crippen LogP contribution is -2.48. The number of nitrogens with zero attached hydrogens (tertiary/aromatic N) is 2. The molecule has 158 valence electrons. The van der Waals surface area contributed by atoms with Gasteiger partial charge in [0.2, 0.25) is 0 Å². The first-order valence-electron chi connectivity index (χ1n) is 10.2. The van der Waals surface area contributed by atoms with Crippen LogP contribution >= 0.6 is 0 Å². The Balaban J connectivity index is 1.31. The number of benzene rings is 3. The van der Waals surface area contributed by atoms with E-state index in [0.717, 1.165) is 5.69 Å². The van der Waals surface area contributed by atoms with E-state index in [1.807, 2.05) is 30.3 Å². The summed E-state index contributed by atoms with van der Waals surface area (Å²) in [4.78, 5) is 28.8. The summed E-state index contributed by atoms with van der Waals surface area (Å²) in [5.41, 5.74) is 2.67. The van der Waals surface area contributed by atoms with Crippen molar-refractivity contribution in [1.82, 2.24) is 4.90 Å². The molecule has 0 unspecified atom stereocenters. The lowest BCUT2D eigenvalue weighted by atomic mass is 10.1. The molecule has 1 aliphatic rings. The minimum absolute atomic E-state index is 0.0442. The largest absolute Gasteiger partial charge is 0.506 e. The van der Waals surface area contributed by atoms with Crippen molar-refractivity contribution in [3.8, 4) is 5.75 Å². The van der Waals surface area contributed by atoms with Gasteiger partial charge in [0, 0.05) is 43.1 Å². The zero-order valence-electron chi connectivity index (χ0n) is 17.0. The molecule has 0 bridgehead atoms. The van der Waals surface area contributed by atoms with E-state index in [1.165, 1.54) is 0 Å². The summed E-state index contributed by atoms with van der Waals surface area (Å²) >= 11 is 0. The van der Waals surface area contributed by atoms with E-state index in [4.69, 9.17) is 0 Å². The fourth-order valence-electron chi connectivity index (χ4n) is 3.58. The van der Waals surface area contributed by atoms with Crippen LogP contribution in [0.2, 0.25) is 0 Å². The molecule has 3 amide bonds. The molecular weight excluding hydrogens is 392 g/mol. The van der Waals surface area contributed by atoms with E-state index >= 15 is 0 Å². The Morgan fingerprint density at radius 2 is 1.29 bits per heavy atom. The van der Waals surface area contributed by atoms with Crippen LogP contribution in [0.3, 0.4) is 0 Å². The maximum Gasteiger partial charge on any atom is 0.323 e. The highest BCUT2D eigenvalue weighted by Gasteiger charge is 2.23. The molecule has 31 heavy (non-hydrogen) atoms. The van der Waals surface area contributed by atoms with Gasteiger partial charge < -0.3 is 25.5 Å². The van der Waals surface area contributed by atoms with Crippen LogP contribution in [0, 0.1) is 0 Å². The van der Waals surface area contributed by atoms with Crippen LogP contribution in [0.15, 0.2) is 78.9 Å². The van der Waals surface area contributed by atoms with Gasteiger partial charge in [-0.15, -0.1) is 0 Å². The molecule has 7 nitrogen and oxygen atoms in total. The Morgan fingerprint density at radius 3 is 1.94 bits per heavy atom. The topological polar surface area (TPSA) is 84.9 Å². The Kier molecular flexibility index (Phi) is 6.03. The van der Waals surface area contributed by atoms with Crippen molar-refractivity contribution in [1.29, 1.82) is 0 Å². The predicted octanol–water partition coefficient (Wildman–Crippen LogP) is 4.00. The van der Waals surface area contributed by atoms with Crippen molar-refractivity contribution in [3.05, 3.63) is 84.4 Å². The minimum Gasteiger partial charge on any atom is -0.506 e. The Hall–Kier alpha value is -4.00. The van der Waals surface area contributed by atoms with E-state index in [-0.39, 0.29) is 17.7 Å². The molecule has 0 spiro atoms. The highest BCUT2D eigenvalue weighted by Crippen LogP contribution is 2.27. The highest BCUT2D eigenvalue weighted by atomic mass is 16.3. The van der Waals surface area contributed by atoms with Crippen molar-refractivity contribution >= 4 is 29.0 Å². The molecule has 0 aliphatic carbocycles. The molecule has 0 radical (unpaired) electrons. The molecule has 7 heteroatoms. The van der Waals surface area contributed by atoms with Crippen LogP contribution in [0.1, 0.15) is 10.4 Å².